The van der Waals surface area contributed by atoms with Gasteiger partial charge in [-0.3, -0.25) is 15.0 Å². The number of hydrogen-bond acceptors (Lipinski definition) is 17. The number of rotatable bonds is 12. The number of aromatic nitrogens is 10. The van der Waals surface area contributed by atoms with Crippen molar-refractivity contribution in [1.29, 1.82) is 0 Å². The summed E-state index contributed by atoms with van der Waals surface area (Å²) in [6, 6.07) is 6.65. The lowest BCUT2D eigenvalue weighted by Crippen LogP contribution is -2.10. The summed E-state index contributed by atoms with van der Waals surface area (Å²) in [5, 5.41) is 33.2. The molecule has 6 aromatic heterocycles. The second kappa shape index (κ2) is 15.8. The summed E-state index contributed by atoms with van der Waals surface area (Å²) >= 11 is 6.76. The predicted molar refractivity (Wildman–Crippen MR) is 180 cm³/mol. The monoisotopic (exact) mass is 799 g/mol. The molecule has 0 saturated heterocycles. The Bertz CT molecular complexity index is 2060. The number of carbonyl (C=O) groups is 2. The Hall–Kier alpha value is -5.90. The number of hydrogen-bond donors (Lipinski definition) is 7. The molecule has 0 aliphatic heterocycles. The van der Waals surface area contributed by atoms with E-state index >= 15 is 0 Å². The summed E-state index contributed by atoms with van der Waals surface area (Å²) in [6.07, 6.45) is 3.21. The van der Waals surface area contributed by atoms with Crippen LogP contribution in [0.4, 0.5) is 35.2 Å². The van der Waals surface area contributed by atoms with E-state index in [1.807, 2.05) is 26.0 Å². The second-order valence-electron chi connectivity index (χ2n) is 9.82. The molecule has 0 radical (unpaired) electrons. The highest BCUT2D eigenvalue weighted by molar-refractivity contribution is 9.11. The average molecular weight is 801 g/mol. The molecule has 22 heteroatoms. The van der Waals surface area contributed by atoms with Crippen LogP contribution in [0.2, 0.25) is 0 Å². The van der Waals surface area contributed by atoms with E-state index in [0.29, 0.717) is 55.6 Å². The summed E-state index contributed by atoms with van der Waals surface area (Å²) in [6.45, 7) is 4.31. The maximum Gasteiger partial charge on any atom is 0.360 e. The smallest absolute Gasteiger partial charge is 0.360 e. The predicted octanol–water partition coefficient (Wildman–Crippen LogP) is 4.11. The normalized spacial score (nSPS) is 10.6. The maximum absolute atomic E-state index is 11.3. The van der Waals surface area contributed by atoms with Crippen molar-refractivity contribution >= 4 is 78.9 Å². The van der Waals surface area contributed by atoms with Crippen LogP contribution in [0.1, 0.15) is 43.9 Å². The first-order chi connectivity index (χ1) is 23.6. The summed E-state index contributed by atoms with van der Waals surface area (Å²) < 4.78 is 16.0. The van der Waals surface area contributed by atoms with Crippen molar-refractivity contribution in [3.05, 3.63) is 79.9 Å². The Morgan fingerprint density at radius 2 is 1.27 bits per heavy atom. The number of esters is 1. The summed E-state index contributed by atoms with van der Waals surface area (Å²) in [7, 11) is 1.28. The van der Waals surface area contributed by atoms with Gasteiger partial charge in [-0.1, -0.05) is 10.3 Å². The van der Waals surface area contributed by atoms with Gasteiger partial charge in [-0.05, 0) is 45.7 Å². The van der Waals surface area contributed by atoms with Gasteiger partial charge in [0.25, 0.3) is 5.91 Å². The molecular formula is C27H27Br2N15O5. The Kier molecular flexibility index (Phi) is 11.1. The van der Waals surface area contributed by atoms with E-state index in [0.717, 1.165) is 11.4 Å². The van der Waals surface area contributed by atoms with Crippen molar-refractivity contribution < 1.29 is 23.4 Å². The number of nitrogens with two attached hydrogens (primary N) is 1. The molecule has 0 aromatic carbocycles. The van der Waals surface area contributed by atoms with Gasteiger partial charge < -0.3 is 40.8 Å². The van der Waals surface area contributed by atoms with Crippen molar-refractivity contribution in [3.8, 4) is 0 Å². The topological polar surface area (TPSA) is 278 Å². The Morgan fingerprint density at radius 3 is 1.67 bits per heavy atom. The van der Waals surface area contributed by atoms with Crippen LogP contribution >= 0.6 is 31.9 Å². The highest BCUT2D eigenvalue weighted by Gasteiger charge is 2.14. The lowest BCUT2D eigenvalue weighted by atomic mass is 10.3. The average Bonchev–Trinajstić information content (AvgIpc) is 3.91. The minimum atomic E-state index is -0.648. The van der Waals surface area contributed by atoms with Gasteiger partial charge in [0.15, 0.2) is 46.2 Å². The first-order valence-corrected chi connectivity index (χ1v) is 15.5. The zero-order valence-corrected chi connectivity index (χ0v) is 29.0. The number of amides is 1. The number of aryl methyl sites for hydroxylation is 2. The van der Waals surface area contributed by atoms with Crippen molar-refractivity contribution in [2.75, 3.05) is 28.4 Å². The van der Waals surface area contributed by atoms with Gasteiger partial charge >= 0.3 is 5.97 Å². The molecular weight excluding hydrogens is 774 g/mol. The van der Waals surface area contributed by atoms with E-state index in [2.05, 4.69) is 109 Å². The quantitative estimate of drug-likeness (QED) is 0.0857. The number of ether oxygens (including phenoxy) is 1. The SMILES string of the molecule is COC(=O)c1cc(CNc2ncc(Br)c(Nc3cc(C)[nH]n3)n2)on1.Cc1cc(Nc2nc(NCc3cc(C(N)=O)no3)ncc2Br)n[nH]1. The molecule has 6 rings (SSSR count). The number of H-pyrrole nitrogens is 2. The molecule has 6 aromatic rings. The Labute approximate surface area is 293 Å². The van der Waals surface area contributed by atoms with Crippen molar-refractivity contribution in [3.63, 3.8) is 0 Å². The minimum Gasteiger partial charge on any atom is -0.464 e. The van der Waals surface area contributed by atoms with Crippen LogP contribution in [0.5, 0.6) is 0 Å². The largest absolute Gasteiger partial charge is 0.464 e. The van der Waals surface area contributed by atoms with Crippen molar-refractivity contribution in [1.82, 2.24) is 50.6 Å². The van der Waals surface area contributed by atoms with E-state index in [1.165, 1.54) is 19.2 Å². The van der Waals surface area contributed by atoms with Crippen LogP contribution in [0.25, 0.3) is 0 Å². The summed E-state index contributed by atoms with van der Waals surface area (Å²) in [4.78, 5) is 39.4. The number of methoxy groups -OCH3 is 1. The number of anilines is 6. The first-order valence-electron chi connectivity index (χ1n) is 14.0. The van der Waals surface area contributed by atoms with Gasteiger partial charge in [0, 0.05) is 48.0 Å². The number of nitrogens with one attached hydrogen (secondary N) is 6. The van der Waals surface area contributed by atoms with Gasteiger partial charge in [-0.25, -0.2) is 14.8 Å². The molecule has 0 aliphatic rings. The molecule has 0 bridgehead atoms. The molecule has 6 heterocycles. The van der Waals surface area contributed by atoms with E-state index < -0.39 is 11.9 Å². The molecule has 0 aliphatic carbocycles. The van der Waals surface area contributed by atoms with Crippen LogP contribution in [0.3, 0.4) is 0 Å². The highest BCUT2D eigenvalue weighted by Crippen LogP contribution is 2.25. The molecule has 8 N–H and O–H groups in total. The molecule has 0 unspecified atom stereocenters. The fraction of sp³-hybridized carbons (Fsp3) is 0.185. The second-order valence-corrected chi connectivity index (χ2v) is 11.5. The molecule has 0 atom stereocenters. The third-order valence-electron chi connectivity index (χ3n) is 6.00. The minimum absolute atomic E-state index is 0.0692. The number of halogens is 2. The molecule has 0 saturated carbocycles. The van der Waals surface area contributed by atoms with Crippen LogP contribution in [0.15, 0.2) is 54.7 Å². The highest BCUT2D eigenvalue weighted by atomic mass is 79.9. The molecule has 0 fully saturated rings. The third-order valence-corrected chi connectivity index (χ3v) is 7.16. The fourth-order valence-corrected chi connectivity index (χ4v) is 4.31. The summed E-state index contributed by atoms with van der Waals surface area (Å²) in [5.41, 5.74) is 7.15. The number of aromatic amines is 2. The molecule has 0 spiro atoms. The van der Waals surface area contributed by atoms with Crippen LogP contribution in [0, 0.1) is 13.8 Å². The summed E-state index contributed by atoms with van der Waals surface area (Å²) in [5.74, 6) is 2.80. The maximum atomic E-state index is 11.3. The van der Waals surface area contributed by atoms with Crippen molar-refractivity contribution in [2.45, 2.75) is 26.9 Å². The molecule has 49 heavy (non-hydrogen) atoms. The van der Waals surface area contributed by atoms with Gasteiger partial charge in [0.2, 0.25) is 11.9 Å². The molecule has 20 nitrogen and oxygen atoms in total. The van der Waals surface area contributed by atoms with Crippen LogP contribution in [-0.2, 0) is 17.8 Å². The van der Waals surface area contributed by atoms with Gasteiger partial charge in [-0.15, -0.1) is 0 Å². The third kappa shape index (κ3) is 9.57. The zero-order valence-electron chi connectivity index (χ0n) is 25.8. The first kappa shape index (κ1) is 34.4. The van der Waals surface area contributed by atoms with Gasteiger partial charge in [-0.2, -0.15) is 20.2 Å². The van der Waals surface area contributed by atoms with E-state index in [4.69, 9.17) is 14.8 Å². The Balaban J connectivity index is 0.000000191. The number of carbonyl (C=O) groups excluding carboxylic acids is 2. The van der Waals surface area contributed by atoms with Gasteiger partial charge in [0.1, 0.15) is 0 Å². The Morgan fingerprint density at radius 1 is 0.796 bits per heavy atom. The number of primary amides is 1. The lowest BCUT2D eigenvalue weighted by Gasteiger charge is -2.07. The molecule has 1 amide bonds. The van der Waals surface area contributed by atoms with E-state index in [-0.39, 0.29) is 24.5 Å². The van der Waals surface area contributed by atoms with E-state index in [1.54, 1.807) is 12.4 Å². The zero-order chi connectivity index (χ0) is 34.9. The standard InChI is InChI=1S/C14H14BrN7O3.C13H13BrN8O2/c1-7-3-11(21-20-7)18-12-9(15)6-17-14(19-12)16-5-8-4-10(22-25-8)13(23)24-2;1-6-2-10(21-20-6)18-12-8(14)5-17-13(19-12)16-4-7-3-9(11(15)23)22-24-7/h3-4,6H,5H2,1-2H3,(H3,16,17,18,19,20,21);2-3,5H,4H2,1H3,(H2,15,23)(H3,16,17,18,19,20,21). The van der Waals surface area contributed by atoms with Crippen LogP contribution < -0.4 is 27.0 Å². The van der Waals surface area contributed by atoms with Crippen molar-refractivity contribution in [2.24, 2.45) is 5.73 Å². The van der Waals surface area contributed by atoms with Crippen LogP contribution in [-0.4, -0.2) is 69.6 Å². The lowest BCUT2D eigenvalue weighted by molar-refractivity contribution is 0.0589. The fourth-order valence-electron chi connectivity index (χ4n) is 3.73. The number of nitrogens with zero attached hydrogens (tertiary/aromatic N) is 8. The molecule has 254 valence electrons. The van der Waals surface area contributed by atoms with E-state index in [9.17, 15) is 9.59 Å². The van der Waals surface area contributed by atoms with Gasteiger partial charge in [0.05, 0.1) is 29.1 Å².